The van der Waals surface area contributed by atoms with Gasteiger partial charge < -0.3 is 10.4 Å². The SMILES string of the molecule is OC(c1cc(Br)c(Br)s1)C1CCCN1. The van der Waals surface area contributed by atoms with Gasteiger partial charge in [0.1, 0.15) is 6.10 Å². The molecule has 78 valence electrons. The van der Waals surface area contributed by atoms with Crippen LogP contribution in [0.25, 0.3) is 0 Å². The van der Waals surface area contributed by atoms with Crippen LogP contribution < -0.4 is 5.32 Å². The van der Waals surface area contributed by atoms with E-state index >= 15 is 0 Å². The number of halogens is 2. The highest BCUT2D eigenvalue weighted by Crippen LogP contribution is 2.37. The lowest BCUT2D eigenvalue weighted by Crippen LogP contribution is -2.28. The first-order chi connectivity index (χ1) is 6.68. The predicted molar refractivity (Wildman–Crippen MR) is 65.7 cm³/mol. The number of hydrogen-bond donors (Lipinski definition) is 2. The Kier molecular flexibility index (Phi) is 3.65. The summed E-state index contributed by atoms with van der Waals surface area (Å²) in [7, 11) is 0. The third-order valence-corrected chi connectivity index (χ3v) is 5.76. The van der Waals surface area contributed by atoms with Crippen LogP contribution in [-0.4, -0.2) is 17.7 Å². The van der Waals surface area contributed by atoms with Crippen molar-refractivity contribution in [3.63, 3.8) is 0 Å². The van der Waals surface area contributed by atoms with Gasteiger partial charge in [-0.25, -0.2) is 0 Å². The fourth-order valence-electron chi connectivity index (χ4n) is 1.69. The third-order valence-electron chi connectivity index (χ3n) is 2.44. The van der Waals surface area contributed by atoms with Crippen molar-refractivity contribution >= 4 is 43.2 Å². The molecular weight excluding hydrogens is 330 g/mol. The van der Waals surface area contributed by atoms with Gasteiger partial charge in [0.25, 0.3) is 0 Å². The monoisotopic (exact) mass is 339 g/mol. The van der Waals surface area contributed by atoms with Gasteiger partial charge in [-0.05, 0) is 57.3 Å². The van der Waals surface area contributed by atoms with Crippen LogP contribution >= 0.6 is 43.2 Å². The molecule has 1 saturated heterocycles. The molecule has 2 N–H and O–H groups in total. The van der Waals surface area contributed by atoms with E-state index in [1.54, 1.807) is 11.3 Å². The Labute approximate surface area is 104 Å². The lowest BCUT2D eigenvalue weighted by molar-refractivity contribution is 0.141. The molecule has 0 saturated carbocycles. The van der Waals surface area contributed by atoms with Crippen LogP contribution in [0.15, 0.2) is 14.3 Å². The molecule has 0 aliphatic carbocycles. The van der Waals surface area contributed by atoms with E-state index in [4.69, 9.17) is 0 Å². The van der Waals surface area contributed by atoms with Crippen LogP contribution in [0, 0.1) is 0 Å². The summed E-state index contributed by atoms with van der Waals surface area (Å²) in [5.74, 6) is 0. The molecule has 0 radical (unpaired) electrons. The van der Waals surface area contributed by atoms with Crippen LogP contribution in [0.2, 0.25) is 0 Å². The molecule has 2 heterocycles. The molecule has 0 amide bonds. The molecule has 0 bridgehead atoms. The molecular formula is C9H11Br2NOS. The lowest BCUT2D eigenvalue weighted by Gasteiger charge is -2.16. The summed E-state index contributed by atoms with van der Waals surface area (Å²) < 4.78 is 2.07. The van der Waals surface area contributed by atoms with Gasteiger partial charge in [-0.15, -0.1) is 11.3 Å². The Bertz CT molecular complexity index is 303. The summed E-state index contributed by atoms with van der Waals surface area (Å²) in [6.07, 6.45) is 1.86. The number of thiophene rings is 1. The summed E-state index contributed by atoms with van der Waals surface area (Å²) >= 11 is 8.45. The normalized spacial score (nSPS) is 24.1. The first-order valence-corrected chi connectivity index (χ1v) is 6.95. The highest BCUT2D eigenvalue weighted by molar-refractivity contribution is 9.13. The minimum atomic E-state index is -0.370. The molecule has 2 unspecified atom stereocenters. The van der Waals surface area contributed by atoms with Gasteiger partial charge in [-0.3, -0.25) is 0 Å². The standard InChI is InChI=1S/C9H11Br2NOS/c10-5-4-7(14-9(5)11)8(13)6-2-1-3-12-6/h4,6,8,12-13H,1-3H2. The Balaban J connectivity index is 2.13. The summed E-state index contributed by atoms with van der Waals surface area (Å²) in [5.41, 5.74) is 0. The van der Waals surface area contributed by atoms with E-state index in [0.29, 0.717) is 0 Å². The number of aliphatic hydroxyl groups excluding tert-OH is 1. The maximum atomic E-state index is 10.1. The zero-order valence-corrected chi connectivity index (χ0v) is 11.5. The predicted octanol–water partition coefficient (Wildman–Crippen LogP) is 3.06. The molecule has 2 atom stereocenters. The summed E-state index contributed by atoms with van der Waals surface area (Å²) in [6.45, 7) is 1.02. The molecule has 1 aromatic heterocycles. The van der Waals surface area contributed by atoms with E-state index in [9.17, 15) is 5.11 Å². The van der Waals surface area contributed by atoms with Crippen LogP contribution in [-0.2, 0) is 0 Å². The van der Waals surface area contributed by atoms with Gasteiger partial charge in [-0.1, -0.05) is 0 Å². The van der Waals surface area contributed by atoms with Gasteiger partial charge in [-0.2, -0.15) is 0 Å². The summed E-state index contributed by atoms with van der Waals surface area (Å²) in [5, 5.41) is 13.4. The van der Waals surface area contributed by atoms with Crippen molar-refractivity contribution in [1.29, 1.82) is 0 Å². The zero-order valence-electron chi connectivity index (χ0n) is 7.46. The lowest BCUT2D eigenvalue weighted by atomic mass is 10.1. The number of nitrogens with one attached hydrogen (secondary N) is 1. The van der Waals surface area contributed by atoms with E-state index < -0.39 is 0 Å². The second kappa shape index (κ2) is 4.61. The number of rotatable bonds is 2. The van der Waals surface area contributed by atoms with Crippen molar-refractivity contribution in [2.45, 2.75) is 25.0 Å². The van der Waals surface area contributed by atoms with Crippen molar-refractivity contribution in [2.75, 3.05) is 6.54 Å². The van der Waals surface area contributed by atoms with Crippen molar-refractivity contribution in [3.8, 4) is 0 Å². The van der Waals surface area contributed by atoms with Gasteiger partial charge >= 0.3 is 0 Å². The Hall–Kier alpha value is 0.580. The minimum Gasteiger partial charge on any atom is -0.386 e. The average molecular weight is 341 g/mol. The molecule has 1 aliphatic rings. The fourth-order valence-corrected chi connectivity index (χ4v) is 3.83. The smallest absolute Gasteiger partial charge is 0.103 e. The van der Waals surface area contributed by atoms with E-state index in [-0.39, 0.29) is 12.1 Å². The van der Waals surface area contributed by atoms with Gasteiger partial charge in [0.15, 0.2) is 0 Å². The topological polar surface area (TPSA) is 32.3 Å². The third kappa shape index (κ3) is 2.22. The maximum absolute atomic E-state index is 10.1. The average Bonchev–Trinajstić information content (AvgIpc) is 2.76. The highest BCUT2D eigenvalue weighted by atomic mass is 79.9. The van der Waals surface area contributed by atoms with Crippen molar-refractivity contribution in [1.82, 2.24) is 5.32 Å². The van der Waals surface area contributed by atoms with Crippen molar-refractivity contribution in [3.05, 3.63) is 19.2 Å². The van der Waals surface area contributed by atoms with Gasteiger partial charge in [0, 0.05) is 15.4 Å². The van der Waals surface area contributed by atoms with Crippen LogP contribution in [0.4, 0.5) is 0 Å². The zero-order chi connectivity index (χ0) is 10.1. The van der Waals surface area contributed by atoms with Crippen LogP contribution in [0.1, 0.15) is 23.8 Å². The van der Waals surface area contributed by atoms with Crippen LogP contribution in [0.5, 0.6) is 0 Å². The fraction of sp³-hybridized carbons (Fsp3) is 0.556. The maximum Gasteiger partial charge on any atom is 0.103 e. The highest BCUT2D eigenvalue weighted by Gasteiger charge is 2.25. The Morgan fingerprint density at radius 1 is 1.57 bits per heavy atom. The molecule has 5 heteroatoms. The second-order valence-corrected chi connectivity index (χ2v) is 6.67. The largest absolute Gasteiger partial charge is 0.386 e. The summed E-state index contributed by atoms with van der Waals surface area (Å²) in [6, 6.07) is 2.21. The number of hydrogen-bond acceptors (Lipinski definition) is 3. The van der Waals surface area contributed by atoms with Crippen LogP contribution in [0.3, 0.4) is 0 Å². The summed E-state index contributed by atoms with van der Waals surface area (Å²) in [4.78, 5) is 1.02. The Morgan fingerprint density at radius 3 is 2.86 bits per heavy atom. The number of aliphatic hydroxyl groups is 1. The molecule has 14 heavy (non-hydrogen) atoms. The molecule has 1 fully saturated rings. The van der Waals surface area contributed by atoms with Gasteiger partial charge in [0.05, 0.1) is 3.79 Å². The molecule has 2 rings (SSSR count). The quantitative estimate of drug-likeness (QED) is 0.867. The molecule has 1 aromatic rings. The molecule has 0 aromatic carbocycles. The first-order valence-electron chi connectivity index (χ1n) is 4.54. The second-order valence-electron chi connectivity index (χ2n) is 3.42. The van der Waals surface area contributed by atoms with E-state index in [1.165, 1.54) is 0 Å². The Morgan fingerprint density at radius 2 is 2.36 bits per heavy atom. The molecule has 2 nitrogen and oxygen atoms in total. The molecule has 1 aliphatic heterocycles. The van der Waals surface area contributed by atoms with E-state index in [1.807, 2.05) is 6.07 Å². The van der Waals surface area contributed by atoms with Crippen molar-refractivity contribution < 1.29 is 5.11 Å². The van der Waals surface area contributed by atoms with E-state index in [0.717, 1.165) is 32.5 Å². The van der Waals surface area contributed by atoms with Crippen molar-refractivity contribution in [2.24, 2.45) is 0 Å². The van der Waals surface area contributed by atoms with Gasteiger partial charge in [0.2, 0.25) is 0 Å². The first kappa shape index (κ1) is 11.1. The molecule has 0 spiro atoms. The minimum absolute atomic E-state index is 0.229. The van der Waals surface area contributed by atoms with E-state index in [2.05, 4.69) is 37.2 Å².